The van der Waals surface area contributed by atoms with Gasteiger partial charge in [0.15, 0.2) is 0 Å². The predicted octanol–water partition coefficient (Wildman–Crippen LogP) is 7.45. The fourth-order valence-corrected chi connectivity index (χ4v) is 5.38. The van der Waals surface area contributed by atoms with Crippen LogP contribution in [0.3, 0.4) is 0 Å². The molecule has 2 unspecified atom stereocenters. The summed E-state index contributed by atoms with van der Waals surface area (Å²) >= 11 is 0. The van der Waals surface area contributed by atoms with Gasteiger partial charge in [-0.2, -0.15) is 0 Å². The number of para-hydroxylation sites is 2. The number of hydrogen-bond donors (Lipinski definition) is 1. The minimum atomic E-state index is 0.372. The Labute approximate surface area is 187 Å². The van der Waals surface area contributed by atoms with E-state index < -0.39 is 0 Å². The first-order chi connectivity index (χ1) is 15.9. The zero-order chi connectivity index (χ0) is 21.1. The third-order valence-electron chi connectivity index (χ3n) is 6.89. The van der Waals surface area contributed by atoms with Gasteiger partial charge in [-0.25, -0.2) is 0 Å². The molecule has 1 aromatic heterocycles. The first kappa shape index (κ1) is 17.6. The molecule has 0 radical (unpaired) electrons. The maximum atomic E-state index is 3.65. The Morgan fingerprint density at radius 2 is 1.38 bits per heavy atom. The number of anilines is 1. The van der Waals surface area contributed by atoms with Crippen LogP contribution < -0.4 is 5.32 Å². The average molecular weight is 411 g/mol. The molecule has 7 rings (SSSR count). The van der Waals surface area contributed by atoms with E-state index >= 15 is 0 Å². The van der Waals surface area contributed by atoms with Crippen molar-refractivity contribution >= 4 is 27.5 Å². The molecule has 1 N–H and O–H groups in total. The lowest BCUT2D eigenvalue weighted by Crippen LogP contribution is -2.17. The molecule has 0 saturated carbocycles. The van der Waals surface area contributed by atoms with Crippen LogP contribution in [0.1, 0.15) is 11.5 Å². The maximum absolute atomic E-state index is 3.65. The first-order valence-corrected chi connectivity index (χ1v) is 11.2. The molecule has 0 bridgehead atoms. The summed E-state index contributed by atoms with van der Waals surface area (Å²) in [4.78, 5) is 0. The molecular weight excluding hydrogens is 388 g/mol. The van der Waals surface area contributed by atoms with E-state index in [1.165, 1.54) is 49.9 Å². The van der Waals surface area contributed by atoms with Crippen molar-refractivity contribution in [2.75, 3.05) is 5.32 Å². The zero-order valence-electron chi connectivity index (χ0n) is 17.6. The summed E-state index contributed by atoms with van der Waals surface area (Å²) in [6.45, 7) is 0. The highest BCUT2D eigenvalue weighted by atomic mass is 15.0. The van der Waals surface area contributed by atoms with Crippen molar-refractivity contribution in [1.29, 1.82) is 0 Å². The van der Waals surface area contributed by atoms with Gasteiger partial charge in [-0.05, 0) is 59.2 Å². The second-order valence-electron chi connectivity index (χ2n) is 8.69. The van der Waals surface area contributed by atoms with Gasteiger partial charge in [0.2, 0.25) is 0 Å². The minimum Gasteiger partial charge on any atom is -0.378 e. The molecule has 0 amide bonds. The molecule has 2 aliphatic rings. The number of aromatic nitrogens is 1. The molecule has 0 spiro atoms. The van der Waals surface area contributed by atoms with Crippen molar-refractivity contribution in [3.63, 3.8) is 0 Å². The summed E-state index contributed by atoms with van der Waals surface area (Å²) in [5.74, 6) is 0.415. The van der Waals surface area contributed by atoms with Crippen LogP contribution in [-0.2, 0) is 0 Å². The Balaban J connectivity index is 1.42. The lowest BCUT2D eigenvalue weighted by Gasteiger charge is -2.15. The topological polar surface area (TPSA) is 17.0 Å². The Morgan fingerprint density at radius 3 is 2.31 bits per heavy atom. The molecule has 4 aromatic carbocycles. The second kappa shape index (κ2) is 6.73. The van der Waals surface area contributed by atoms with Crippen molar-refractivity contribution in [3.8, 4) is 16.8 Å². The average Bonchev–Trinajstić information content (AvgIpc) is 3.39. The summed E-state index contributed by atoms with van der Waals surface area (Å²) in [6, 6.07) is 33.4. The van der Waals surface area contributed by atoms with E-state index in [1.807, 2.05) is 0 Å². The normalized spacial score (nSPS) is 18.6. The van der Waals surface area contributed by atoms with Crippen molar-refractivity contribution in [2.24, 2.45) is 0 Å². The number of fused-ring (bicyclic) bond motifs is 6. The fourth-order valence-electron chi connectivity index (χ4n) is 5.38. The van der Waals surface area contributed by atoms with Crippen molar-refractivity contribution in [1.82, 2.24) is 4.57 Å². The monoisotopic (exact) mass is 410 g/mol. The van der Waals surface area contributed by atoms with Crippen molar-refractivity contribution in [3.05, 3.63) is 121 Å². The molecule has 2 heteroatoms. The van der Waals surface area contributed by atoms with E-state index in [-0.39, 0.29) is 0 Å². The van der Waals surface area contributed by atoms with Crippen LogP contribution in [-0.4, -0.2) is 10.6 Å². The number of allylic oxidation sites excluding steroid dienone is 2. The lowest BCUT2D eigenvalue weighted by molar-refractivity contribution is 0.805. The highest BCUT2D eigenvalue weighted by molar-refractivity contribution is 6.10. The zero-order valence-corrected chi connectivity index (χ0v) is 17.6. The van der Waals surface area contributed by atoms with Crippen LogP contribution in [0.5, 0.6) is 0 Å². The van der Waals surface area contributed by atoms with E-state index in [1.54, 1.807) is 0 Å². The highest BCUT2D eigenvalue weighted by Gasteiger charge is 2.29. The van der Waals surface area contributed by atoms with Gasteiger partial charge in [0.1, 0.15) is 0 Å². The minimum absolute atomic E-state index is 0.372. The molecule has 5 aromatic rings. The van der Waals surface area contributed by atoms with Crippen LogP contribution in [0.2, 0.25) is 0 Å². The van der Waals surface area contributed by atoms with Gasteiger partial charge >= 0.3 is 0 Å². The molecule has 2 nitrogen and oxygen atoms in total. The van der Waals surface area contributed by atoms with Crippen LogP contribution in [0.15, 0.2) is 115 Å². The van der Waals surface area contributed by atoms with Gasteiger partial charge in [0, 0.05) is 28.1 Å². The smallest absolute Gasteiger partial charge is 0.0551 e. The van der Waals surface area contributed by atoms with Gasteiger partial charge in [-0.15, -0.1) is 0 Å². The van der Waals surface area contributed by atoms with Crippen molar-refractivity contribution < 1.29 is 0 Å². The molecule has 152 valence electrons. The van der Waals surface area contributed by atoms with Gasteiger partial charge in [-0.1, -0.05) is 72.8 Å². The molecule has 1 aliphatic carbocycles. The summed E-state index contributed by atoms with van der Waals surface area (Å²) < 4.78 is 2.37. The van der Waals surface area contributed by atoms with Crippen LogP contribution in [0.4, 0.5) is 5.69 Å². The quantitative estimate of drug-likeness (QED) is 0.320. The Hall–Kier alpha value is -4.04. The van der Waals surface area contributed by atoms with E-state index in [0.717, 1.165) is 0 Å². The van der Waals surface area contributed by atoms with Crippen LogP contribution >= 0.6 is 0 Å². The number of nitrogens with zero attached hydrogens (tertiary/aromatic N) is 1. The molecule has 2 atom stereocenters. The molecular formula is C30H22N2. The van der Waals surface area contributed by atoms with Crippen molar-refractivity contribution in [2.45, 2.75) is 12.0 Å². The van der Waals surface area contributed by atoms with Gasteiger partial charge < -0.3 is 9.88 Å². The predicted molar refractivity (Wildman–Crippen MR) is 135 cm³/mol. The fraction of sp³-hybridized carbons (Fsp3) is 0.0667. The first-order valence-electron chi connectivity index (χ1n) is 11.2. The third-order valence-corrected chi connectivity index (χ3v) is 6.89. The Bertz CT molecular complexity index is 1550. The largest absolute Gasteiger partial charge is 0.378 e. The van der Waals surface area contributed by atoms with E-state index in [2.05, 4.69) is 125 Å². The molecule has 0 fully saturated rings. The number of benzene rings is 4. The highest BCUT2D eigenvalue weighted by Crippen LogP contribution is 2.42. The van der Waals surface area contributed by atoms with E-state index in [0.29, 0.717) is 12.0 Å². The van der Waals surface area contributed by atoms with Crippen LogP contribution in [0, 0.1) is 0 Å². The summed E-state index contributed by atoms with van der Waals surface area (Å²) in [7, 11) is 0. The number of nitrogens with one attached hydrogen (secondary N) is 1. The molecule has 32 heavy (non-hydrogen) atoms. The van der Waals surface area contributed by atoms with Gasteiger partial charge in [0.25, 0.3) is 0 Å². The second-order valence-corrected chi connectivity index (χ2v) is 8.69. The lowest BCUT2D eigenvalue weighted by atomic mass is 9.90. The Kier molecular flexibility index (Phi) is 3.71. The Morgan fingerprint density at radius 1 is 0.625 bits per heavy atom. The summed E-state index contributed by atoms with van der Waals surface area (Å²) in [5, 5.41) is 6.23. The number of rotatable bonds is 2. The standard InChI is InChI=1S/C30H22N2/c1-2-8-22(9-3-1)32-29-13-7-5-11-24(29)26-19-21(15-17-30(26)32)20-14-16-28-25(18-20)23-10-4-6-12-27(23)31-28/h1-19,23,27,31H. The maximum Gasteiger partial charge on any atom is 0.0551 e. The van der Waals surface area contributed by atoms with Gasteiger partial charge in [-0.3, -0.25) is 0 Å². The van der Waals surface area contributed by atoms with E-state index in [4.69, 9.17) is 0 Å². The molecule has 1 aliphatic heterocycles. The van der Waals surface area contributed by atoms with Crippen LogP contribution in [0.25, 0.3) is 38.6 Å². The summed E-state index contributed by atoms with van der Waals surface area (Å²) in [6.07, 6.45) is 8.87. The third kappa shape index (κ3) is 2.53. The number of hydrogen-bond acceptors (Lipinski definition) is 1. The SMILES string of the molecule is C1=CC2Nc3ccc(-c4ccc5c(c4)c4ccccc4n5-c4ccccc4)cc3C2C=C1. The van der Waals surface area contributed by atoms with Gasteiger partial charge in [0.05, 0.1) is 17.1 Å². The molecule has 2 heterocycles. The van der Waals surface area contributed by atoms with E-state index in [9.17, 15) is 0 Å². The summed E-state index contributed by atoms with van der Waals surface area (Å²) in [5.41, 5.74) is 8.85. The molecule has 0 saturated heterocycles.